The zero-order valence-corrected chi connectivity index (χ0v) is 10.3. The quantitative estimate of drug-likeness (QED) is 0.715. The third-order valence-corrected chi connectivity index (χ3v) is 2.51. The molecule has 102 valence electrons. The summed E-state index contributed by atoms with van der Waals surface area (Å²) in [6.07, 6.45) is 0. The van der Waals surface area contributed by atoms with E-state index in [-0.39, 0.29) is 16.3 Å². The van der Waals surface area contributed by atoms with Crippen molar-refractivity contribution in [3.63, 3.8) is 0 Å². The summed E-state index contributed by atoms with van der Waals surface area (Å²) in [5, 5.41) is 26.4. The zero-order valence-electron chi connectivity index (χ0n) is 9.54. The number of aliphatic carboxylic acids is 2. The number of hydrogen-bond donors (Lipinski definition) is 3. The molecule has 0 aliphatic rings. The van der Waals surface area contributed by atoms with Crippen LogP contribution in [0.25, 0.3) is 0 Å². The minimum absolute atomic E-state index is 0.0476. The summed E-state index contributed by atoms with van der Waals surface area (Å²) in [4.78, 5) is 33.2. The van der Waals surface area contributed by atoms with Crippen LogP contribution in [0.1, 0.15) is 10.4 Å². The van der Waals surface area contributed by atoms with Crippen LogP contribution in [0, 0.1) is 0 Å². The molecule has 1 aromatic carbocycles. The molecule has 0 saturated heterocycles. The summed E-state index contributed by atoms with van der Waals surface area (Å²) in [6.45, 7) is -1.20. The van der Waals surface area contributed by atoms with Crippen LogP contribution in [0.3, 0.4) is 0 Å². The Morgan fingerprint density at radius 1 is 1.05 bits per heavy atom. The number of carbonyl (C=O) groups is 3. The van der Waals surface area contributed by atoms with Crippen molar-refractivity contribution < 1.29 is 29.7 Å². The van der Waals surface area contributed by atoms with Crippen LogP contribution in [0.2, 0.25) is 5.02 Å². The van der Waals surface area contributed by atoms with Crippen molar-refractivity contribution >= 4 is 35.2 Å². The van der Waals surface area contributed by atoms with Crippen molar-refractivity contribution in [1.82, 2.24) is 0 Å². The molecule has 8 heteroatoms. The molecule has 0 atom stereocenters. The van der Waals surface area contributed by atoms with Gasteiger partial charge in [-0.15, -0.1) is 0 Å². The largest absolute Gasteiger partial charge is 0.480 e. The Kier molecular flexibility index (Phi) is 4.71. The second kappa shape index (κ2) is 6.05. The van der Waals surface area contributed by atoms with E-state index in [0.29, 0.717) is 0 Å². The molecular formula is C11H10ClNO6. The van der Waals surface area contributed by atoms with E-state index in [1.165, 1.54) is 12.1 Å². The van der Waals surface area contributed by atoms with Gasteiger partial charge in [0, 0.05) is 0 Å². The molecule has 0 radical (unpaired) electrons. The molecule has 0 fully saturated rings. The van der Waals surface area contributed by atoms with Crippen molar-refractivity contribution in [3.05, 3.63) is 28.8 Å². The number of halogens is 1. The first-order chi connectivity index (χ1) is 8.81. The molecule has 0 heterocycles. The van der Waals surface area contributed by atoms with E-state index in [2.05, 4.69) is 0 Å². The summed E-state index contributed by atoms with van der Waals surface area (Å²) in [5.74, 6) is -3.72. The minimum Gasteiger partial charge on any atom is -0.480 e. The highest BCUT2D eigenvalue weighted by atomic mass is 35.5. The highest BCUT2D eigenvalue weighted by Gasteiger charge is 2.18. The third kappa shape index (κ3) is 4.14. The van der Waals surface area contributed by atoms with Crippen molar-refractivity contribution in [3.8, 4) is 0 Å². The van der Waals surface area contributed by atoms with E-state index in [9.17, 15) is 14.4 Å². The second-order valence-electron chi connectivity index (χ2n) is 3.61. The molecule has 0 spiro atoms. The predicted octanol–water partition coefficient (Wildman–Crippen LogP) is 1.01. The van der Waals surface area contributed by atoms with E-state index in [1.54, 1.807) is 0 Å². The Bertz CT molecular complexity index is 514. The van der Waals surface area contributed by atoms with Crippen LogP contribution in [0.15, 0.2) is 18.2 Å². The molecular weight excluding hydrogens is 278 g/mol. The maximum absolute atomic E-state index is 10.8. The summed E-state index contributed by atoms with van der Waals surface area (Å²) >= 11 is 5.84. The van der Waals surface area contributed by atoms with E-state index >= 15 is 0 Å². The molecule has 0 bridgehead atoms. The van der Waals surface area contributed by atoms with Gasteiger partial charge in [0.05, 0.1) is 16.3 Å². The topological polar surface area (TPSA) is 115 Å². The van der Waals surface area contributed by atoms with Gasteiger partial charge in [-0.05, 0) is 18.2 Å². The van der Waals surface area contributed by atoms with Crippen LogP contribution in [-0.4, -0.2) is 46.3 Å². The summed E-state index contributed by atoms with van der Waals surface area (Å²) < 4.78 is 0. The lowest BCUT2D eigenvalue weighted by Crippen LogP contribution is -2.34. The highest BCUT2D eigenvalue weighted by Crippen LogP contribution is 2.27. The maximum atomic E-state index is 10.8. The Labute approximate surface area is 112 Å². The lowest BCUT2D eigenvalue weighted by molar-refractivity contribution is -0.136. The van der Waals surface area contributed by atoms with Gasteiger partial charge in [0.15, 0.2) is 0 Å². The first kappa shape index (κ1) is 14.8. The number of nitrogens with zero attached hydrogens (tertiary/aromatic N) is 1. The van der Waals surface area contributed by atoms with Gasteiger partial charge in [0.2, 0.25) is 0 Å². The Morgan fingerprint density at radius 3 is 2.00 bits per heavy atom. The minimum atomic E-state index is -1.25. The van der Waals surface area contributed by atoms with Crippen molar-refractivity contribution in [1.29, 1.82) is 0 Å². The average molecular weight is 288 g/mol. The predicted molar refractivity (Wildman–Crippen MR) is 65.9 cm³/mol. The number of carboxylic acid groups (broad SMARTS) is 3. The molecule has 0 unspecified atom stereocenters. The first-order valence-corrected chi connectivity index (χ1v) is 5.40. The van der Waals surface area contributed by atoms with Crippen LogP contribution < -0.4 is 4.90 Å². The maximum Gasteiger partial charge on any atom is 0.335 e. The fraction of sp³-hybridized carbons (Fsp3) is 0.182. The van der Waals surface area contributed by atoms with Gasteiger partial charge in [0.1, 0.15) is 13.1 Å². The van der Waals surface area contributed by atoms with Crippen LogP contribution >= 0.6 is 11.6 Å². The fourth-order valence-corrected chi connectivity index (χ4v) is 1.68. The molecule has 0 saturated carbocycles. The SMILES string of the molecule is O=C(O)CN(CC(=O)O)c1cc(C(=O)O)ccc1Cl. The lowest BCUT2D eigenvalue weighted by Gasteiger charge is -2.22. The highest BCUT2D eigenvalue weighted by molar-refractivity contribution is 6.33. The molecule has 0 aliphatic carbocycles. The molecule has 3 N–H and O–H groups in total. The van der Waals surface area contributed by atoms with Crippen LogP contribution in [0.4, 0.5) is 5.69 Å². The number of rotatable bonds is 6. The molecule has 0 amide bonds. The first-order valence-electron chi connectivity index (χ1n) is 5.02. The zero-order chi connectivity index (χ0) is 14.6. The number of benzene rings is 1. The van der Waals surface area contributed by atoms with Crippen molar-refractivity contribution in [2.45, 2.75) is 0 Å². The van der Waals surface area contributed by atoms with Crippen LogP contribution in [0.5, 0.6) is 0 Å². The Hall–Kier alpha value is -2.28. The number of hydrogen-bond acceptors (Lipinski definition) is 4. The lowest BCUT2D eigenvalue weighted by atomic mass is 10.2. The van der Waals surface area contributed by atoms with Gasteiger partial charge >= 0.3 is 17.9 Å². The Balaban J connectivity index is 3.19. The second-order valence-corrected chi connectivity index (χ2v) is 4.02. The van der Waals surface area contributed by atoms with Gasteiger partial charge in [0.25, 0.3) is 0 Å². The van der Waals surface area contributed by atoms with E-state index in [0.717, 1.165) is 11.0 Å². The molecule has 0 aliphatic heterocycles. The van der Waals surface area contributed by atoms with E-state index in [1.807, 2.05) is 0 Å². The Morgan fingerprint density at radius 2 is 1.58 bits per heavy atom. The molecule has 7 nitrogen and oxygen atoms in total. The number of aromatic carboxylic acids is 1. The van der Waals surface area contributed by atoms with Gasteiger partial charge in [-0.25, -0.2) is 4.79 Å². The normalized spacial score (nSPS) is 9.95. The van der Waals surface area contributed by atoms with Gasteiger partial charge < -0.3 is 20.2 Å². The number of anilines is 1. The monoisotopic (exact) mass is 287 g/mol. The van der Waals surface area contributed by atoms with E-state index < -0.39 is 31.0 Å². The number of carboxylic acids is 3. The van der Waals surface area contributed by atoms with Gasteiger partial charge in [-0.1, -0.05) is 11.6 Å². The molecule has 19 heavy (non-hydrogen) atoms. The standard InChI is InChI=1S/C11H10ClNO6/c12-7-2-1-6(11(18)19)3-8(7)13(4-9(14)15)5-10(16)17/h1-3H,4-5H2,(H,14,15)(H,16,17)(H,18,19). The third-order valence-electron chi connectivity index (χ3n) is 2.19. The molecule has 0 aromatic heterocycles. The van der Waals surface area contributed by atoms with Crippen molar-refractivity contribution in [2.24, 2.45) is 0 Å². The van der Waals surface area contributed by atoms with Crippen LogP contribution in [-0.2, 0) is 9.59 Å². The summed E-state index contributed by atoms with van der Waals surface area (Å²) in [5.41, 5.74) is -0.0634. The smallest absolute Gasteiger partial charge is 0.335 e. The van der Waals surface area contributed by atoms with Gasteiger partial charge in [-0.2, -0.15) is 0 Å². The summed E-state index contributed by atoms with van der Waals surface area (Å²) in [6, 6.07) is 3.65. The van der Waals surface area contributed by atoms with E-state index in [4.69, 9.17) is 26.9 Å². The van der Waals surface area contributed by atoms with Gasteiger partial charge in [-0.3, -0.25) is 9.59 Å². The molecule has 1 rings (SSSR count). The molecule has 1 aromatic rings. The van der Waals surface area contributed by atoms with Crippen molar-refractivity contribution in [2.75, 3.05) is 18.0 Å². The summed E-state index contributed by atoms with van der Waals surface area (Å²) in [7, 11) is 0. The average Bonchev–Trinajstić information content (AvgIpc) is 2.27. The fourth-order valence-electron chi connectivity index (χ4n) is 1.44.